The Morgan fingerprint density at radius 1 is 1.23 bits per heavy atom. The van der Waals surface area contributed by atoms with Gasteiger partial charge >= 0.3 is 0 Å². The van der Waals surface area contributed by atoms with E-state index in [-0.39, 0.29) is 0 Å². The van der Waals surface area contributed by atoms with Gasteiger partial charge in [-0.1, -0.05) is 30.3 Å². The molecule has 1 aromatic carbocycles. The normalized spacial score (nSPS) is 10.3. The van der Waals surface area contributed by atoms with Crippen LogP contribution in [-0.2, 0) is 0 Å². The number of rotatable bonds is 1. The van der Waals surface area contributed by atoms with Gasteiger partial charge in [0.2, 0.25) is 0 Å². The van der Waals surface area contributed by atoms with E-state index in [1.165, 1.54) is 10.4 Å². The van der Waals surface area contributed by atoms with Crippen molar-refractivity contribution in [3.63, 3.8) is 0 Å². The van der Waals surface area contributed by atoms with Crippen LogP contribution in [0.15, 0.2) is 30.3 Å². The fourth-order valence-electron chi connectivity index (χ4n) is 1.17. The van der Waals surface area contributed by atoms with Crippen molar-refractivity contribution in [3.05, 3.63) is 39.0 Å². The number of halogens is 1. The van der Waals surface area contributed by atoms with Crippen LogP contribution in [0.4, 0.5) is 0 Å². The highest BCUT2D eigenvalue weighted by atomic mass is 127. The molecule has 1 nitrogen and oxygen atoms in total. The number of hydrogen-bond donors (Lipinski definition) is 0. The molecule has 0 N–H and O–H groups in total. The Bertz CT molecular complexity index is 408. The van der Waals surface area contributed by atoms with Gasteiger partial charge in [-0.05, 0) is 35.1 Å². The van der Waals surface area contributed by atoms with Crippen molar-refractivity contribution in [2.45, 2.75) is 6.92 Å². The summed E-state index contributed by atoms with van der Waals surface area (Å²) in [5.41, 5.74) is 1.26. The van der Waals surface area contributed by atoms with E-state index in [1.807, 2.05) is 13.0 Å². The molecule has 0 bridgehead atoms. The van der Waals surface area contributed by atoms with Crippen LogP contribution in [0, 0.1) is 10.6 Å². The average Bonchev–Trinajstić information content (AvgIpc) is 2.47. The molecule has 0 aliphatic heterocycles. The van der Waals surface area contributed by atoms with Gasteiger partial charge in [-0.3, -0.25) is 0 Å². The van der Waals surface area contributed by atoms with E-state index in [0.29, 0.717) is 0 Å². The molecule has 0 aliphatic rings. The fourth-order valence-corrected chi connectivity index (χ4v) is 3.15. The van der Waals surface area contributed by atoms with Crippen LogP contribution in [0.2, 0.25) is 0 Å². The number of aryl methyl sites for hydroxylation is 1. The zero-order valence-corrected chi connectivity index (χ0v) is 10.1. The Kier molecular flexibility index (Phi) is 2.64. The Balaban J connectivity index is 2.53. The molecule has 0 amide bonds. The lowest BCUT2D eigenvalue weighted by Crippen LogP contribution is -1.75. The maximum atomic E-state index is 4.39. The lowest BCUT2D eigenvalue weighted by Gasteiger charge is -1.95. The van der Waals surface area contributed by atoms with Crippen LogP contribution in [0.3, 0.4) is 0 Å². The first-order chi connectivity index (χ1) is 6.27. The summed E-state index contributed by atoms with van der Waals surface area (Å²) in [6.07, 6.45) is 0. The summed E-state index contributed by atoms with van der Waals surface area (Å²) in [6, 6.07) is 10.4. The monoisotopic (exact) mass is 301 g/mol. The Labute approximate surface area is 95.0 Å². The number of benzene rings is 1. The van der Waals surface area contributed by atoms with Crippen molar-refractivity contribution in [3.8, 4) is 10.4 Å². The van der Waals surface area contributed by atoms with Gasteiger partial charge in [0.25, 0.3) is 0 Å². The molecule has 1 aromatic heterocycles. The summed E-state index contributed by atoms with van der Waals surface area (Å²) in [5, 5.41) is 1.13. The summed E-state index contributed by atoms with van der Waals surface area (Å²) in [7, 11) is 0. The van der Waals surface area contributed by atoms with Gasteiger partial charge in [0, 0.05) is 0 Å². The number of hydrogen-bond acceptors (Lipinski definition) is 2. The molecule has 0 aliphatic carbocycles. The van der Waals surface area contributed by atoms with Crippen molar-refractivity contribution in [1.82, 2.24) is 4.98 Å². The highest BCUT2D eigenvalue weighted by molar-refractivity contribution is 14.1. The van der Waals surface area contributed by atoms with E-state index in [9.17, 15) is 0 Å². The first-order valence-electron chi connectivity index (χ1n) is 3.96. The summed E-state index contributed by atoms with van der Waals surface area (Å²) in [4.78, 5) is 5.67. The second-order valence-corrected chi connectivity index (χ2v) is 4.94. The lowest BCUT2D eigenvalue weighted by atomic mass is 10.2. The minimum atomic E-state index is 1.10. The molecule has 0 saturated heterocycles. The second kappa shape index (κ2) is 3.75. The van der Waals surface area contributed by atoms with Gasteiger partial charge in [-0.15, -0.1) is 11.3 Å². The Morgan fingerprint density at radius 2 is 1.92 bits per heavy atom. The number of nitrogens with zero attached hydrogens (tertiary/aromatic N) is 1. The van der Waals surface area contributed by atoms with Gasteiger partial charge in [-0.25, -0.2) is 4.98 Å². The number of thiazole rings is 1. The third kappa shape index (κ3) is 1.91. The minimum Gasteiger partial charge on any atom is -0.235 e. The van der Waals surface area contributed by atoms with E-state index < -0.39 is 0 Å². The zero-order valence-electron chi connectivity index (χ0n) is 7.12. The summed E-state index contributed by atoms with van der Waals surface area (Å²) in [6.45, 7) is 2.04. The van der Waals surface area contributed by atoms with Crippen LogP contribution in [0.1, 0.15) is 5.01 Å². The smallest absolute Gasteiger partial charge is 0.120 e. The van der Waals surface area contributed by atoms with Crippen LogP contribution in [0.5, 0.6) is 0 Å². The first kappa shape index (κ1) is 9.15. The van der Waals surface area contributed by atoms with Gasteiger partial charge in [0.15, 0.2) is 0 Å². The van der Waals surface area contributed by atoms with Gasteiger partial charge in [-0.2, -0.15) is 0 Å². The Morgan fingerprint density at radius 3 is 2.46 bits per heavy atom. The molecular weight excluding hydrogens is 293 g/mol. The van der Waals surface area contributed by atoms with E-state index >= 15 is 0 Å². The highest BCUT2D eigenvalue weighted by Crippen LogP contribution is 2.30. The summed E-state index contributed by atoms with van der Waals surface area (Å²) in [5.74, 6) is 0. The molecule has 66 valence electrons. The fraction of sp³-hybridized carbons (Fsp3) is 0.100. The lowest BCUT2D eigenvalue weighted by molar-refractivity contribution is 1.26. The van der Waals surface area contributed by atoms with Crippen LogP contribution in [-0.4, -0.2) is 4.98 Å². The standard InChI is InChI=1S/C10H8INS/c1-7-12-10(11)9(13-7)8-5-3-2-4-6-8/h2-6H,1H3. The molecule has 13 heavy (non-hydrogen) atoms. The van der Waals surface area contributed by atoms with Gasteiger partial charge in [0.05, 0.1) is 9.88 Å². The van der Waals surface area contributed by atoms with Crippen LogP contribution >= 0.6 is 33.9 Å². The molecule has 0 spiro atoms. The molecule has 3 heteroatoms. The molecular formula is C10H8INS. The molecule has 2 aromatic rings. The second-order valence-electron chi connectivity index (χ2n) is 2.72. The van der Waals surface area contributed by atoms with Crippen molar-refractivity contribution in [2.75, 3.05) is 0 Å². The first-order valence-corrected chi connectivity index (χ1v) is 5.85. The predicted octanol–water partition coefficient (Wildman–Crippen LogP) is 3.72. The van der Waals surface area contributed by atoms with Crippen LogP contribution in [0.25, 0.3) is 10.4 Å². The topological polar surface area (TPSA) is 12.9 Å². The van der Waals surface area contributed by atoms with Gasteiger partial charge < -0.3 is 0 Å². The maximum Gasteiger partial charge on any atom is 0.120 e. The maximum absolute atomic E-state index is 4.39. The van der Waals surface area contributed by atoms with E-state index in [2.05, 4.69) is 51.8 Å². The molecule has 0 radical (unpaired) electrons. The van der Waals surface area contributed by atoms with Crippen molar-refractivity contribution in [2.24, 2.45) is 0 Å². The number of aromatic nitrogens is 1. The van der Waals surface area contributed by atoms with E-state index in [0.717, 1.165) is 8.71 Å². The van der Waals surface area contributed by atoms with Gasteiger partial charge in [0.1, 0.15) is 3.70 Å². The van der Waals surface area contributed by atoms with Crippen molar-refractivity contribution >= 4 is 33.9 Å². The van der Waals surface area contributed by atoms with Crippen molar-refractivity contribution < 1.29 is 0 Å². The van der Waals surface area contributed by atoms with Crippen LogP contribution < -0.4 is 0 Å². The average molecular weight is 301 g/mol. The molecule has 0 fully saturated rings. The summed E-state index contributed by atoms with van der Waals surface area (Å²) >= 11 is 4.03. The molecule has 0 unspecified atom stereocenters. The largest absolute Gasteiger partial charge is 0.235 e. The molecule has 2 rings (SSSR count). The SMILES string of the molecule is Cc1nc(I)c(-c2ccccc2)s1. The minimum absolute atomic E-state index is 1.10. The predicted molar refractivity (Wildman–Crippen MR) is 65.0 cm³/mol. The zero-order chi connectivity index (χ0) is 9.26. The van der Waals surface area contributed by atoms with E-state index in [4.69, 9.17) is 0 Å². The third-order valence-corrected chi connectivity index (χ3v) is 3.90. The molecule has 0 atom stereocenters. The van der Waals surface area contributed by atoms with E-state index in [1.54, 1.807) is 11.3 Å². The quantitative estimate of drug-likeness (QED) is 0.732. The molecule has 0 saturated carbocycles. The highest BCUT2D eigenvalue weighted by Gasteiger charge is 2.06. The summed E-state index contributed by atoms with van der Waals surface area (Å²) < 4.78 is 1.10. The molecule has 1 heterocycles. The third-order valence-electron chi connectivity index (χ3n) is 1.73. The van der Waals surface area contributed by atoms with Crippen molar-refractivity contribution in [1.29, 1.82) is 0 Å². The Hall–Kier alpha value is -0.420.